The minimum Gasteiger partial charge on any atom is -0.480 e. The fourth-order valence-electron chi connectivity index (χ4n) is 4.66. The summed E-state index contributed by atoms with van der Waals surface area (Å²) >= 11 is 0. The molecule has 0 bridgehead atoms. The smallest absolute Gasteiger partial charge is 0.327 e. The first-order chi connectivity index (χ1) is 15.2. The van der Waals surface area contributed by atoms with E-state index in [0.717, 1.165) is 4.90 Å². The quantitative estimate of drug-likeness (QED) is 0.360. The largest absolute Gasteiger partial charge is 0.480 e. The van der Waals surface area contributed by atoms with Gasteiger partial charge in [0.1, 0.15) is 5.75 Å². The topological polar surface area (TPSA) is 133 Å². The van der Waals surface area contributed by atoms with Gasteiger partial charge in [0.15, 0.2) is 5.54 Å². The molecule has 2 amide bonds. The van der Waals surface area contributed by atoms with Crippen molar-refractivity contribution in [2.24, 2.45) is 11.8 Å². The molecule has 166 valence electrons. The monoisotopic (exact) mass is 438 g/mol. The second-order valence-corrected chi connectivity index (χ2v) is 8.02. The lowest BCUT2D eigenvalue weighted by atomic mass is 9.79. The number of aliphatic carboxylic acids is 1. The first-order valence-corrected chi connectivity index (χ1v) is 10.0. The molecule has 0 spiro atoms. The van der Waals surface area contributed by atoms with E-state index in [1.54, 1.807) is 43.3 Å². The van der Waals surface area contributed by atoms with Crippen molar-refractivity contribution in [2.45, 2.75) is 25.4 Å². The number of ether oxygens (including phenoxy) is 1. The Bertz CT molecular complexity index is 1110. The highest BCUT2D eigenvalue weighted by Crippen LogP contribution is 2.50. The highest BCUT2D eigenvalue weighted by Gasteiger charge is 2.68. The number of hydrogen-bond acceptors (Lipinski definition) is 7. The van der Waals surface area contributed by atoms with Crippen LogP contribution in [0.15, 0.2) is 48.5 Å². The van der Waals surface area contributed by atoms with Crippen LogP contribution in [0.2, 0.25) is 0 Å². The van der Waals surface area contributed by atoms with Gasteiger partial charge in [-0.2, -0.15) is 0 Å². The van der Waals surface area contributed by atoms with Crippen LogP contribution in [0.25, 0.3) is 0 Å². The number of carbonyl (C=O) groups is 4. The van der Waals surface area contributed by atoms with Crippen LogP contribution in [0, 0.1) is 18.8 Å². The summed E-state index contributed by atoms with van der Waals surface area (Å²) in [6, 6.07) is 12.2. The number of aryl methyl sites for hydroxylation is 1. The van der Waals surface area contributed by atoms with Crippen molar-refractivity contribution in [3.63, 3.8) is 0 Å². The zero-order chi connectivity index (χ0) is 23.2. The summed E-state index contributed by atoms with van der Waals surface area (Å²) in [5, 5.41) is 22.9. The normalized spacial score (nSPS) is 26.8. The predicted octanol–water partition coefficient (Wildman–Crippen LogP) is 1.19. The Labute approximate surface area is 183 Å². The third-order valence-corrected chi connectivity index (χ3v) is 6.14. The van der Waals surface area contributed by atoms with Crippen molar-refractivity contribution in [1.82, 2.24) is 5.32 Å². The van der Waals surface area contributed by atoms with Gasteiger partial charge in [0.05, 0.1) is 24.1 Å². The van der Waals surface area contributed by atoms with Gasteiger partial charge in [0, 0.05) is 13.0 Å². The summed E-state index contributed by atoms with van der Waals surface area (Å²) in [6.45, 7) is 2.15. The lowest BCUT2D eigenvalue weighted by Crippen LogP contribution is -2.58. The molecule has 2 aliphatic heterocycles. The van der Waals surface area contributed by atoms with Gasteiger partial charge in [-0.05, 0) is 36.2 Å². The Morgan fingerprint density at radius 2 is 1.75 bits per heavy atom. The van der Waals surface area contributed by atoms with Crippen molar-refractivity contribution in [3.8, 4) is 5.75 Å². The van der Waals surface area contributed by atoms with E-state index in [9.17, 15) is 29.4 Å². The molecule has 3 N–H and O–H groups in total. The number of hydrogen-bond donors (Lipinski definition) is 3. The van der Waals surface area contributed by atoms with Crippen molar-refractivity contribution in [2.75, 3.05) is 11.5 Å². The zero-order valence-corrected chi connectivity index (χ0v) is 17.4. The van der Waals surface area contributed by atoms with Gasteiger partial charge >= 0.3 is 11.9 Å². The Balaban J connectivity index is 1.80. The second-order valence-electron chi connectivity index (χ2n) is 8.02. The van der Waals surface area contributed by atoms with Crippen LogP contribution in [0.5, 0.6) is 5.75 Å². The van der Waals surface area contributed by atoms with Crippen molar-refractivity contribution < 1.29 is 34.1 Å². The Hall–Kier alpha value is -3.56. The van der Waals surface area contributed by atoms with E-state index in [0.29, 0.717) is 16.8 Å². The van der Waals surface area contributed by atoms with E-state index in [-0.39, 0.29) is 5.75 Å². The third-order valence-electron chi connectivity index (χ3n) is 6.14. The van der Waals surface area contributed by atoms with Gasteiger partial charge in [-0.25, -0.2) is 4.90 Å². The van der Waals surface area contributed by atoms with E-state index >= 15 is 0 Å². The molecule has 0 saturated carbocycles. The van der Waals surface area contributed by atoms with Gasteiger partial charge in [0.2, 0.25) is 11.8 Å². The average molecular weight is 438 g/mol. The van der Waals surface area contributed by atoms with Gasteiger partial charge in [0.25, 0.3) is 0 Å². The van der Waals surface area contributed by atoms with E-state index in [2.05, 4.69) is 5.32 Å². The summed E-state index contributed by atoms with van der Waals surface area (Å²) in [5.74, 6) is -5.16. The maximum absolute atomic E-state index is 13.5. The molecule has 2 heterocycles. The summed E-state index contributed by atoms with van der Waals surface area (Å²) in [4.78, 5) is 51.3. The molecule has 9 heteroatoms. The molecule has 32 heavy (non-hydrogen) atoms. The number of rotatable bonds is 5. The number of para-hydroxylation sites is 1. The molecule has 0 radical (unpaired) electrons. The maximum Gasteiger partial charge on any atom is 0.327 e. The average Bonchev–Trinajstić information content (AvgIpc) is 3.23. The molecule has 2 aliphatic rings. The molecular formula is C23H22N2O7. The van der Waals surface area contributed by atoms with Crippen LogP contribution in [0.3, 0.4) is 0 Å². The highest BCUT2D eigenvalue weighted by atomic mass is 16.5. The van der Waals surface area contributed by atoms with Gasteiger partial charge in [-0.15, -0.1) is 0 Å². The Morgan fingerprint density at radius 3 is 2.31 bits per heavy atom. The van der Waals surface area contributed by atoms with E-state index in [1.165, 1.54) is 19.1 Å². The number of amides is 2. The summed E-state index contributed by atoms with van der Waals surface area (Å²) < 4.78 is 5.02. The zero-order valence-electron chi connectivity index (χ0n) is 17.4. The summed E-state index contributed by atoms with van der Waals surface area (Å²) in [5.41, 5.74) is -0.415. The van der Waals surface area contributed by atoms with Gasteiger partial charge < -0.3 is 14.9 Å². The van der Waals surface area contributed by atoms with Crippen molar-refractivity contribution >= 4 is 29.4 Å². The SMILES string of the molecule is CC(=O)Oc1ccc(C2NC(CO)(C(=O)O)C3C(=O)N(c4ccccc4C)C(=O)C23)cc1. The standard InChI is InChI=1S/C23H22N2O7/c1-12-5-3-4-6-16(12)25-20(28)17-18(21(25)29)23(11-26,22(30)31)24-19(17)14-7-9-15(10-8-14)32-13(2)27/h3-10,17-19,24,26H,11H2,1-2H3,(H,30,31). The minimum absolute atomic E-state index is 0.290. The van der Waals surface area contributed by atoms with E-state index < -0.39 is 53.8 Å². The van der Waals surface area contributed by atoms with Crippen LogP contribution in [0.4, 0.5) is 5.69 Å². The fraction of sp³-hybridized carbons (Fsp3) is 0.304. The molecule has 2 aromatic carbocycles. The number of benzene rings is 2. The number of esters is 1. The molecule has 2 fully saturated rings. The van der Waals surface area contributed by atoms with E-state index in [1.807, 2.05) is 0 Å². The van der Waals surface area contributed by atoms with E-state index in [4.69, 9.17) is 4.74 Å². The molecule has 0 aromatic heterocycles. The van der Waals surface area contributed by atoms with Gasteiger partial charge in [-0.3, -0.25) is 24.5 Å². The highest BCUT2D eigenvalue weighted by molar-refractivity contribution is 6.24. The lowest BCUT2D eigenvalue weighted by Gasteiger charge is -2.29. The minimum atomic E-state index is -2.02. The van der Waals surface area contributed by atoms with Crippen LogP contribution in [0.1, 0.15) is 24.1 Å². The molecule has 4 atom stereocenters. The molecule has 4 unspecified atom stereocenters. The van der Waals surface area contributed by atoms with Crippen molar-refractivity contribution in [1.29, 1.82) is 0 Å². The number of fused-ring (bicyclic) bond motifs is 1. The number of carboxylic acids is 1. The molecular weight excluding hydrogens is 416 g/mol. The first kappa shape index (κ1) is 21.7. The van der Waals surface area contributed by atoms with Crippen LogP contribution < -0.4 is 15.0 Å². The molecule has 2 saturated heterocycles. The maximum atomic E-state index is 13.5. The summed E-state index contributed by atoms with van der Waals surface area (Å²) in [6.07, 6.45) is 0. The number of nitrogens with zero attached hydrogens (tertiary/aromatic N) is 1. The first-order valence-electron chi connectivity index (χ1n) is 10.0. The lowest BCUT2D eigenvalue weighted by molar-refractivity contribution is -0.150. The molecule has 9 nitrogen and oxygen atoms in total. The number of carboxylic acid groups (broad SMARTS) is 1. The predicted molar refractivity (Wildman–Crippen MR) is 112 cm³/mol. The third kappa shape index (κ3) is 3.17. The fourth-order valence-corrected chi connectivity index (χ4v) is 4.66. The summed E-state index contributed by atoms with van der Waals surface area (Å²) in [7, 11) is 0. The van der Waals surface area contributed by atoms with Gasteiger partial charge in [-0.1, -0.05) is 30.3 Å². The number of aliphatic hydroxyl groups is 1. The van der Waals surface area contributed by atoms with Crippen LogP contribution >= 0.6 is 0 Å². The Morgan fingerprint density at radius 1 is 1.09 bits per heavy atom. The Kier molecular flexibility index (Phi) is 5.31. The van der Waals surface area contributed by atoms with Crippen LogP contribution in [-0.2, 0) is 19.2 Å². The number of imide groups is 1. The number of nitrogens with one attached hydrogen (secondary N) is 1. The number of carbonyl (C=O) groups excluding carboxylic acids is 3. The molecule has 2 aromatic rings. The number of anilines is 1. The molecule has 0 aliphatic carbocycles. The second kappa shape index (κ2) is 7.85. The number of aliphatic hydroxyl groups excluding tert-OH is 1. The molecule has 4 rings (SSSR count). The van der Waals surface area contributed by atoms with Crippen LogP contribution in [-0.4, -0.2) is 46.1 Å². The van der Waals surface area contributed by atoms with Crippen molar-refractivity contribution in [3.05, 3.63) is 59.7 Å².